The van der Waals surface area contributed by atoms with Crippen molar-refractivity contribution < 1.29 is 24.2 Å². The maximum absolute atomic E-state index is 13.8. The lowest BCUT2D eigenvalue weighted by Gasteiger charge is -2.43. The minimum atomic E-state index is -0.449. The van der Waals surface area contributed by atoms with E-state index in [0.29, 0.717) is 11.3 Å². The summed E-state index contributed by atoms with van der Waals surface area (Å²) < 4.78 is 5.04. The highest BCUT2D eigenvalue weighted by Gasteiger charge is 2.69. The fourth-order valence-electron chi connectivity index (χ4n) is 7.33. The lowest BCUT2D eigenvalue weighted by atomic mass is 9.68. The number of aromatic amines is 1. The van der Waals surface area contributed by atoms with Crippen molar-refractivity contribution >= 4 is 46.6 Å². The van der Waals surface area contributed by atoms with Gasteiger partial charge in [-0.05, 0) is 61.4 Å². The fourth-order valence-corrected chi connectivity index (χ4v) is 10.2. The molecule has 0 radical (unpaired) electrons. The summed E-state index contributed by atoms with van der Waals surface area (Å²) in [4.78, 5) is 57.0. The molecule has 1 aromatic heterocycles. The third kappa shape index (κ3) is 3.22. The molecule has 2 saturated carbocycles. The second-order valence-electron chi connectivity index (χ2n) is 10.3. The Balaban J connectivity index is 1.26. The highest BCUT2D eigenvalue weighted by molar-refractivity contribution is 8.00. The van der Waals surface area contributed by atoms with Crippen LogP contribution in [0.1, 0.15) is 40.1 Å². The van der Waals surface area contributed by atoms with Crippen molar-refractivity contribution in [2.24, 2.45) is 29.6 Å². The smallest absolute Gasteiger partial charge is 0.338 e. The molecule has 1 saturated heterocycles. The number of aromatic nitrogens is 1. The number of thiazole rings is 1. The Hall–Kier alpha value is -3.37. The summed E-state index contributed by atoms with van der Waals surface area (Å²) in [7, 11) is 0. The Morgan fingerprint density at radius 1 is 1.05 bits per heavy atom. The van der Waals surface area contributed by atoms with E-state index in [-0.39, 0.29) is 58.0 Å². The number of para-hydroxylation sites is 1. The average Bonchev–Trinajstić information content (AvgIpc) is 3.64. The molecule has 38 heavy (non-hydrogen) atoms. The van der Waals surface area contributed by atoms with E-state index in [1.54, 1.807) is 55.1 Å². The number of aromatic hydroxyl groups is 1. The van der Waals surface area contributed by atoms with E-state index < -0.39 is 17.8 Å². The van der Waals surface area contributed by atoms with Gasteiger partial charge in [-0.2, -0.15) is 0 Å². The van der Waals surface area contributed by atoms with Crippen LogP contribution in [0.5, 0.6) is 5.75 Å². The zero-order valence-electron chi connectivity index (χ0n) is 20.3. The van der Waals surface area contributed by atoms with Crippen LogP contribution in [0, 0.1) is 29.6 Å². The lowest BCUT2D eigenvalue weighted by Crippen LogP contribution is -2.42. The first-order valence-corrected chi connectivity index (χ1v) is 14.4. The molecule has 8 nitrogen and oxygen atoms in total. The number of hydrogen-bond acceptors (Lipinski definition) is 8. The second-order valence-corrected chi connectivity index (χ2v) is 12.5. The zero-order chi connectivity index (χ0) is 26.3. The Labute approximate surface area is 226 Å². The number of fused-ring (bicyclic) bond motifs is 9. The Kier molecular flexibility index (Phi) is 5.35. The molecule has 0 spiro atoms. The summed E-state index contributed by atoms with van der Waals surface area (Å²) in [5, 5.41) is 11.7. The molecule has 4 aliphatic rings. The highest BCUT2D eigenvalue weighted by Crippen LogP contribution is 2.69. The summed E-state index contributed by atoms with van der Waals surface area (Å²) in [5.41, 5.74) is 1.58. The van der Waals surface area contributed by atoms with Gasteiger partial charge >= 0.3 is 10.8 Å². The van der Waals surface area contributed by atoms with E-state index in [2.05, 4.69) is 4.98 Å². The van der Waals surface area contributed by atoms with Crippen LogP contribution in [-0.4, -0.2) is 39.7 Å². The van der Waals surface area contributed by atoms with Crippen LogP contribution >= 0.6 is 23.1 Å². The number of benzene rings is 2. The van der Waals surface area contributed by atoms with Crippen LogP contribution in [0.2, 0.25) is 0 Å². The molecular formula is C28H24N2O6S2. The molecule has 7 atom stereocenters. The molecule has 7 rings (SSSR count). The fraction of sp³-hybridized carbons (Fsp3) is 0.357. The van der Waals surface area contributed by atoms with E-state index in [9.17, 15) is 24.3 Å². The van der Waals surface area contributed by atoms with Crippen molar-refractivity contribution in [2.75, 3.05) is 11.5 Å². The number of esters is 1. The van der Waals surface area contributed by atoms with E-state index in [1.807, 2.05) is 12.1 Å². The summed E-state index contributed by atoms with van der Waals surface area (Å²) in [6.07, 6.45) is 0.772. The number of ether oxygens (including phenoxy) is 1. The lowest BCUT2D eigenvalue weighted by molar-refractivity contribution is -0.123. The van der Waals surface area contributed by atoms with E-state index in [0.717, 1.165) is 21.9 Å². The van der Waals surface area contributed by atoms with Gasteiger partial charge in [0.15, 0.2) is 0 Å². The van der Waals surface area contributed by atoms with Crippen LogP contribution < -0.4 is 9.77 Å². The number of carbonyl (C=O) groups excluding carboxylic acids is 3. The minimum absolute atomic E-state index is 0.00911. The van der Waals surface area contributed by atoms with Crippen molar-refractivity contribution in [3.63, 3.8) is 0 Å². The van der Waals surface area contributed by atoms with Gasteiger partial charge in [-0.25, -0.2) is 4.79 Å². The molecular weight excluding hydrogens is 524 g/mol. The number of thioether (sulfide) groups is 1. The van der Waals surface area contributed by atoms with Gasteiger partial charge in [0.25, 0.3) is 0 Å². The number of rotatable bonds is 4. The maximum Gasteiger partial charge on any atom is 0.338 e. The van der Waals surface area contributed by atoms with Gasteiger partial charge in [0.2, 0.25) is 11.8 Å². The monoisotopic (exact) mass is 548 g/mol. The SMILES string of the molecule is CCOC(=O)c1ccc(N2C(=O)[C@@H]3[C@H]4C[C@@H]([C@@H]3C2=O)[C@@H]2[C@H](c3ccccc3O)c3sc(=O)[nH]c3S[C@H]42)cc1. The predicted molar refractivity (Wildman–Crippen MR) is 141 cm³/mol. The molecule has 3 fully saturated rings. The quantitative estimate of drug-likeness (QED) is 0.374. The van der Waals surface area contributed by atoms with Crippen LogP contribution in [0.15, 0.2) is 58.4 Å². The predicted octanol–water partition coefficient (Wildman–Crippen LogP) is 4.00. The second kappa shape index (κ2) is 8.57. The number of hydrogen-bond donors (Lipinski definition) is 2. The number of phenols is 1. The molecule has 2 N–H and O–H groups in total. The number of nitrogens with one attached hydrogen (secondary N) is 1. The number of imide groups is 1. The number of carbonyl (C=O) groups is 3. The third-order valence-corrected chi connectivity index (χ3v) is 11.2. The van der Waals surface area contributed by atoms with Crippen LogP contribution in [0.25, 0.3) is 0 Å². The van der Waals surface area contributed by atoms with E-state index in [1.165, 1.54) is 16.2 Å². The molecule has 2 aromatic carbocycles. The molecule has 3 heterocycles. The summed E-state index contributed by atoms with van der Waals surface area (Å²) in [5.74, 6) is -1.79. The van der Waals surface area contributed by atoms with E-state index in [4.69, 9.17) is 4.74 Å². The number of phenolic OH excluding ortho intramolecular Hbond substituents is 1. The minimum Gasteiger partial charge on any atom is -0.508 e. The Bertz CT molecular complexity index is 1550. The van der Waals surface area contributed by atoms with Crippen molar-refractivity contribution in [1.82, 2.24) is 4.98 Å². The van der Waals surface area contributed by atoms with Gasteiger partial charge in [0, 0.05) is 21.6 Å². The number of amides is 2. The summed E-state index contributed by atoms with van der Waals surface area (Å²) >= 11 is 2.78. The maximum atomic E-state index is 13.8. The van der Waals surface area contributed by atoms with Crippen molar-refractivity contribution in [3.05, 3.63) is 74.2 Å². The van der Waals surface area contributed by atoms with Crippen molar-refractivity contribution in [1.29, 1.82) is 0 Å². The van der Waals surface area contributed by atoms with Gasteiger partial charge in [-0.3, -0.25) is 19.3 Å². The molecule has 2 aliphatic carbocycles. The van der Waals surface area contributed by atoms with Crippen LogP contribution in [-0.2, 0) is 14.3 Å². The molecule has 2 amide bonds. The standard InChI is InChI=1S/C28H24N2O6S2/c1-2-36-27(34)12-7-9-13(10-8-12)30-25(32)20-15-11-16(21(20)26(30)33)22-19(15)18(14-5-3-4-6-17(14)31)23-24(37-22)29-28(35)38-23/h3-10,15-16,18-22,31H,2,11H2,1H3,(H,29,35)/t15-,16-,18+,19-,20+,21-,22-/m1/s1. The van der Waals surface area contributed by atoms with Gasteiger partial charge in [-0.1, -0.05) is 29.5 Å². The van der Waals surface area contributed by atoms with Crippen LogP contribution in [0.4, 0.5) is 5.69 Å². The van der Waals surface area contributed by atoms with Gasteiger partial charge < -0.3 is 14.8 Å². The van der Waals surface area contributed by atoms with Gasteiger partial charge in [-0.15, -0.1) is 11.8 Å². The number of nitrogens with zero attached hydrogens (tertiary/aromatic N) is 1. The first-order valence-electron chi connectivity index (χ1n) is 12.7. The summed E-state index contributed by atoms with van der Waals surface area (Å²) in [6, 6.07) is 13.6. The largest absolute Gasteiger partial charge is 0.508 e. The zero-order valence-corrected chi connectivity index (χ0v) is 22.0. The molecule has 2 bridgehead atoms. The Morgan fingerprint density at radius 3 is 2.47 bits per heavy atom. The molecule has 0 unspecified atom stereocenters. The number of anilines is 1. The first-order chi connectivity index (χ1) is 18.4. The third-order valence-electron chi connectivity index (χ3n) is 8.63. The molecule has 10 heteroatoms. The summed E-state index contributed by atoms with van der Waals surface area (Å²) in [6.45, 7) is 2.00. The van der Waals surface area contributed by atoms with Crippen molar-refractivity contribution in [2.45, 2.75) is 29.5 Å². The molecule has 194 valence electrons. The Morgan fingerprint density at radius 2 is 1.76 bits per heavy atom. The van der Waals surface area contributed by atoms with Crippen LogP contribution in [0.3, 0.4) is 0 Å². The van der Waals surface area contributed by atoms with Gasteiger partial charge in [0.05, 0.1) is 34.7 Å². The molecule has 3 aromatic rings. The highest BCUT2D eigenvalue weighted by atomic mass is 32.2. The first kappa shape index (κ1) is 23.7. The van der Waals surface area contributed by atoms with E-state index >= 15 is 0 Å². The topological polar surface area (TPSA) is 117 Å². The van der Waals surface area contributed by atoms with Gasteiger partial charge in [0.1, 0.15) is 5.75 Å². The molecule has 2 aliphatic heterocycles. The normalized spacial score (nSPS) is 30.8. The average molecular weight is 549 g/mol. The van der Waals surface area contributed by atoms with Crippen molar-refractivity contribution in [3.8, 4) is 5.75 Å². The number of H-pyrrole nitrogens is 1.